The van der Waals surface area contributed by atoms with Gasteiger partial charge in [0.1, 0.15) is 5.82 Å². The van der Waals surface area contributed by atoms with Crippen molar-refractivity contribution in [3.8, 4) is 0 Å². The van der Waals surface area contributed by atoms with Gasteiger partial charge in [0.25, 0.3) is 0 Å². The lowest BCUT2D eigenvalue weighted by atomic mass is 10.1. The molecular weight excluding hydrogens is 307 g/mol. The van der Waals surface area contributed by atoms with Crippen LogP contribution in [0.4, 0.5) is 4.39 Å². The Morgan fingerprint density at radius 1 is 1.50 bits per heavy atom. The first-order valence-corrected chi connectivity index (χ1v) is 7.13. The molecule has 20 heavy (non-hydrogen) atoms. The van der Waals surface area contributed by atoms with Crippen LogP contribution in [0.25, 0.3) is 0 Å². The number of benzene rings is 1. The average Bonchev–Trinajstić information content (AvgIpc) is 2.80. The van der Waals surface area contributed by atoms with Crippen molar-refractivity contribution in [3.63, 3.8) is 0 Å². The SMILES string of the molecule is O=C(O)CSCc1nc(Cc2ccc(F)cc2Cl)no1. The molecule has 0 fully saturated rings. The number of carbonyl (C=O) groups is 1. The summed E-state index contributed by atoms with van der Waals surface area (Å²) in [7, 11) is 0. The highest BCUT2D eigenvalue weighted by molar-refractivity contribution is 7.99. The van der Waals surface area contributed by atoms with Crippen LogP contribution in [-0.4, -0.2) is 27.0 Å². The van der Waals surface area contributed by atoms with E-state index < -0.39 is 11.8 Å². The summed E-state index contributed by atoms with van der Waals surface area (Å²) < 4.78 is 17.9. The predicted octanol–water partition coefficient (Wildman–Crippen LogP) is 2.77. The predicted molar refractivity (Wildman–Crippen MR) is 72.3 cm³/mol. The summed E-state index contributed by atoms with van der Waals surface area (Å²) in [6, 6.07) is 4.10. The van der Waals surface area contributed by atoms with Crippen LogP contribution in [-0.2, 0) is 17.0 Å². The molecule has 1 aromatic heterocycles. The second-order valence-electron chi connectivity index (χ2n) is 3.90. The molecule has 0 spiro atoms. The van der Waals surface area contributed by atoms with E-state index in [0.717, 1.165) is 0 Å². The quantitative estimate of drug-likeness (QED) is 0.883. The number of aliphatic carboxylic acids is 1. The van der Waals surface area contributed by atoms with Crippen LogP contribution in [0.1, 0.15) is 17.3 Å². The third-order valence-electron chi connectivity index (χ3n) is 2.32. The Morgan fingerprint density at radius 3 is 3.00 bits per heavy atom. The second kappa shape index (κ2) is 6.71. The molecule has 0 saturated carbocycles. The summed E-state index contributed by atoms with van der Waals surface area (Å²) in [5.41, 5.74) is 0.693. The van der Waals surface area contributed by atoms with Gasteiger partial charge in [-0.05, 0) is 17.7 Å². The van der Waals surface area contributed by atoms with Crippen LogP contribution >= 0.6 is 23.4 Å². The van der Waals surface area contributed by atoms with E-state index in [1.165, 1.54) is 23.9 Å². The molecule has 1 aromatic carbocycles. The number of hydrogen-bond donors (Lipinski definition) is 1. The van der Waals surface area contributed by atoms with Crippen LogP contribution in [0.5, 0.6) is 0 Å². The Morgan fingerprint density at radius 2 is 2.30 bits per heavy atom. The highest BCUT2D eigenvalue weighted by Gasteiger charge is 2.10. The van der Waals surface area contributed by atoms with Gasteiger partial charge in [-0.25, -0.2) is 4.39 Å². The van der Waals surface area contributed by atoms with Gasteiger partial charge in [0.05, 0.1) is 11.5 Å². The Balaban J connectivity index is 1.97. The minimum atomic E-state index is -0.896. The zero-order valence-electron chi connectivity index (χ0n) is 10.2. The first-order valence-electron chi connectivity index (χ1n) is 5.59. The molecule has 0 atom stereocenters. The fourth-order valence-corrected chi connectivity index (χ4v) is 2.28. The molecule has 0 bridgehead atoms. The normalized spacial score (nSPS) is 10.7. The van der Waals surface area contributed by atoms with E-state index >= 15 is 0 Å². The van der Waals surface area contributed by atoms with E-state index in [1.54, 1.807) is 6.07 Å². The summed E-state index contributed by atoms with van der Waals surface area (Å²) in [4.78, 5) is 14.5. The van der Waals surface area contributed by atoms with E-state index in [0.29, 0.717) is 34.5 Å². The van der Waals surface area contributed by atoms with Gasteiger partial charge in [0.15, 0.2) is 5.82 Å². The molecule has 0 aliphatic carbocycles. The number of halogens is 2. The number of hydrogen-bond acceptors (Lipinski definition) is 5. The number of thioether (sulfide) groups is 1. The fraction of sp³-hybridized carbons (Fsp3) is 0.250. The minimum Gasteiger partial charge on any atom is -0.481 e. The highest BCUT2D eigenvalue weighted by atomic mass is 35.5. The molecule has 2 aromatic rings. The maximum absolute atomic E-state index is 12.9. The molecule has 1 N–H and O–H groups in total. The molecule has 5 nitrogen and oxygen atoms in total. The van der Waals surface area contributed by atoms with E-state index in [9.17, 15) is 9.18 Å². The Labute approximate surface area is 123 Å². The zero-order chi connectivity index (χ0) is 14.5. The maximum Gasteiger partial charge on any atom is 0.313 e. The van der Waals surface area contributed by atoms with Crippen molar-refractivity contribution < 1.29 is 18.8 Å². The molecule has 0 aliphatic rings. The van der Waals surface area contributed by atoms with Crippen LogP contribution in [0, 0.1) is 5.82 Å². The summed E-state index contributed by atoms with van der Waals surface area (Å²) in [6.45, 7) is 0. The van der Waals surface area contributed by atoms with Crippen molar-refractivity contribution in [2.75, 3.05) is 5.75 Å². The zero-order valence-corrected chi connectivity index (χ0v) is 11.7. The van der Waals surface area contributed by atoms with Crippen molar-refractivity contribution in [2.45, 2.75) is 12.2 Å². The molecule has 0 saturated heterocycles. The van der Waals surface area contributed by atoms with Crippen molar-refractivity contribution in [3.05, 3.63) is 46.3 Å². The lowest BCUT2D eigenvalue weighted by Gasteiger charge is -2.00. The highest BCUT2D eigenvalue weighted by Crippen LogP contribution is 2.20. The van der Waals surface area contributed by atoms with E-state index in [4.69, 9.17) is 21.2 Å². The fourth-order valence-electron chi connectivity index (χ4n) is 1.48. The molecule has 0 aliphatic heterocycles. The van der Waals surface area contributed by atoms with Crippen molar-refractivity contribution in [2.24, 2.45) is 0 Å². The Bertz CT molecular complexity index is 620. The van der Waals surface area contributed by atoms with Gasteiger partial charge in [0.2, 0.25) is 5.89 Å². The monoisotopic (exact) mass is 316 g/mol. The first-order chi connectivity index (χ1) is 9.54. The van der Waals surface area contributed by atoms with Gasteiger partial charge < -0.3 is 9.63 Å². The number of aromatic nitrogens is 2. The smallest absolute Gasteiger partial charge is 0.313 e. The van der Waals surface area contributed by atoms with Gasteiger partial charge in [-0.15, -0.1) is 11.8 Å². The lowest BCUT2D eigenvalue weighted by molar-refractivity contribution is -0.133. The molecule has 8 heteroatoms. The summed E-state index contributed by atoms with van der Waals surface area (Å²) in [5, 5.41) is 12.6. The third-order valence-corrected chi connectivity index (χ3v) is 3.58. The van der Waals surface area contributed by atoms with E-state index in [-0.39, 0.29) is 5.75 Å². The average molecular weight is 317 g/mol. The molecule has 1 heterocycles. The number of carboxylic acids is 1. The molecular formula is C12H10ClFN2O3S. The molecule has 0 unspecified atom stereocenters. The second-order valence-corrected chi connectivity index (χ2v) is 5.30. The Hall–Kier alpha value is -1.60. The molecule has 106 valence electrons. The van der Waals surface area contributed by atoms with Crippen molar-refractivity contribution in [1.82, 2.24) is 10.1 Å². The largest absolute Gasteiger partial charge is 0.481 e. The molecule has 0 radical (unpaired) electrons. The standard InChI is InChI=1S/C12H10ClFN2O3S/c13-9-4-8(14)2-1-7(9)3-10-15-11(19-16-10)5-20-6-12(17)18/h1-2,4H,3,5-6H2,(H,17,18). The summed E-state index contributed by atoms with van der Waals surface area (Å²) in [6.07, 6.45) is 0.326. The van der Waals surface area contributed by atoms with E-state index in [2.05, 4.69) is 10.1 Å². The summed E-state index contributed by atoms with van der Waals surface area (Å²) >= 11 is 7.08. The number of rotatable bonds is 6. The Kier molecular flexibility index (Phi) is 4.97. The van der Waals surface area contributed by atoms with Crippen LogP contribution < -0.4 is 0 Å². The molecule has 2 rings (SSSR count). The third kappa shape index (κ3) is 4.21. The maximum atomic E-state index is 12.9. The minimum absolute atomic E-state index is 0.0263. The van der Waals surface area contributed by atoms with Gasteiger partial charge in [-0.3, -0.25) is 4.79 Å². The topological polar surface area (TPSA) is 76.2 Å². The molecule has 0 amide bonds. The van der Waals surface area contributed by atoms with Crippen LogP contribution in [0.2, 0.25) is 5.02 Å². The lowest BCUT2D eigenvalue weighted by Crippen LogP contribution is -1.98. The van der Waals surface area contributed by atoms with E-state index in [1.807, 2.05) is 0 Å². The number of carboxylic acid groups (broad SMARTS) is 1. The van der Waals surface area contributed by atoms with Gasteiger partial charge in [-0.2, -0.15) is 4.98 Å². The van der Waals surface area contributed by atoms with Gasteiger partial charge in [0, 0.05) is 11.4 Å². The van der Waals surface area contributed by atoms with Gasteiger partial charge in [-0.1, -0.05) is 22.8 Å². The number of nitrogens with zero attached hydrogens (tertiary/aromatic N) is 2. The van der Waals surface area contributed by atoms with Crippen molar-refractivity contribution >= 4 is 29.3 Å². The van der Waals surface area contributed by atoms with Crippen LogP contribution in [0.15, 0.2) is 22.7 Å². The van der Waals surface area contributed by atoms with Crippen LogP contribution in [0.3, 0.4) is 0 Å². The first kappa shape index (κ1) is 14.8. The van der Waals surface area contributed by atoms with Crippen molar-refractivity contribution in [1.29, 1.82) is 0 Å². The van der Waals surface area contributed by atoms with Gasteiger partial charge >= 0.3 is 5.97 Å². The summed E-state index contributed by atoms with van der Waals surface area (Å²) in [5.74, 6) is -0.225.